The third-order valence-electron chi connectivity index (χ3n) is 3.70. The van der Waals surface area contributed by atoms with Gasteiger partial charge in [0.05, 0.1) is 0 Å². The van der Waals surface area contributed by atoms with Crippen LogP contribution in [0.25, 0.3) is 0 Å². The molecule has 1 heterocycles. The van der Waals surface area contributed by atoms with Crippen molar-refractivity contribution in [2.75, 3.05) is 19.6 Å². The molecule has 1 N–H and O–H groups in total. The van der Waals surface area contributed by atoms with Gasteiger partial charge in [0.15, 0.2) is 0 Å². The van der Waals surface area contributed by atoms with E-state index >= 15 is 0 Å². The van der Waals surface area contributed by atoms with Crippen LogP contribution >= 0.6 is 0 Å². The SMILES string of the molecule is C#CCCCCNC1CCN(Cc2ccccc2)C1. The Bertz CT molecular complexity index is 393. The Hall–Kier alpha value is -1.30. The molecule has 0 aliphatic carbocycles. The maximum atomic E-state index is 5.25. The summed E-state index contributed by atoms with van der Waals surface area (Å²) in [5, 5.41) is 3.65. The molecule has 2 nitrogen and oxygen atoms in total. The first-order valence-electron chi connectivity index (χ1n) is 7.31. The van der Waals surface area contributed by atoms with E-state index in [1.54, 1.807) is 0 Å². The summed E-state index contributed by atoms with van der Waals surface area (Å²) in [6.07, 6.45) is 9.76. The molecule has 19 heavy (non-hydrogen) atoms. The largest absolute Gasteiger partial charge is 0.313 e. The Morgan fingerprint density at radius 3 is 2.89 bits per heavy atom. The summed E-state index contributed by atoms with van der Waals surface area (Å²) in [5.74, 6) is 2.69. The van der Waals surface area contributed by atoms with Gasteiger partial charge in [-0.3, -0.25) is 4.90 Å². The third-order valence-corrected chi connectivity index (χ3v) is 3.70. The van der Waals surface area contributed by atoms with Gasteiger partial charge >= 0.3 is 0 Å². The van der Waals surface area contributed by atoms with E-state index in [0.29, 0.717) is 6.04 Å². The van der Waals surface area contributed by atoms with E-state index in [9.17, 15) is 0 Å². The quantitative estimate of drug-likeness (QED) is 0.596. The molecule has 1 saturated heterocycles. The minimum Gasteiger partial charge on any atom is -0.313 e. The molecular formula is C17H24N2. The number of unbranched alkanes of at least 4 members (excludes halogenated alkanes) is 2. The van der Waals surface area contributed by atoms with Gasteiger partial charge in [-0.25, -0.2) is 0 Å². The summed E-state index contributed by atoms with van der Waals surface area (Å²) in [7, 11) is 0. The zero-order chi connectivity index (χ0) is 13.3. The van der Waals surface area contributed by atoms with Crippen molar-refractivity contribution in [2.45, 2.75) is 38.3 Å². The van der Waals surface area contributed by atoms with E-state index in [1.807, 2.05) is 0 Å². The number of nitrogens with one attached hydrogen (secondary N) is 1. The van der Waals surface area contributed by atoms with Crippen LogP contribution in [0.2, 0.25) is 0 Å². The molecule has 1 unspecified atom stereocenters. The van der Waals surface area contributed by atoms with Crippen molar-refractivity contribution < 1.29 is 0 Å². The smallest absolute Gasteiger partial charge is 0.0234 e. The second-order valence-electron chi connectivity index (χ2n) is 5.32. The maximum Gasteiger partial charge on any atom is 0.0234 e. The fourth-order valence-corrected chi connectivity index (χ4v) is 2.64. The van der Waals surface area contributed by atoms with Crippen LogP contribution < -0.4 is 5.32 Å². The first-order chi connectivity index (χ1) is 9.38. The van der Waals surface area contributed by atoms with Crippen LogP contribution in [-0.2, 0) is 6.54 Å². The lowest BCUT2D eigenvalue weighted by molar-refractivity contribution is 0.320. The lowest BCUT2D eigenvalue weighted by atomic mass is 10.2. The standard InChI is InChI=1S/C17H24N2/c1-2-3-4-8-12-18-17-11-13-19(15-17)14-16-9-6-5-7-10-16/h1,5-7,9-10,17-18H,3-4,8,11-15H2. The summed E-state index contributed by atoms with van der Waals surface area (Å²) >= 11 is 0. The van der Waals surface area contributed by atoms with Gasteiger partial charge in [0.1, 0.15) is 0 Å². The molecule has 102 valence electrons. The van der Waals surface area contributed by atoms with Crippen LogP contribution in [0.1, 0.15) is 31.2 Å². The fraction of sp³-hybridized carbons (Fsp3) is 0.529. The summed E-state index contributed by atoms with van der Waals surface area (Å²) in [5.41, 5.74) is 1.41. The molecule has 1 fully saturated rings. The second-order valence-corrected chi connectivity index (χ2v) is 5.32. The molecule has 1 aromatic carbocycles. The molecule has 0 bridgehead atoms. The lowest BCUT2D eigenvalue weighted by Gasteiger charge is -2.16. The van der Waals surface area contributed by atoms with E-state index in [2.05, 4.69) is 46.5 Å². The van der Waals surface area contributed by atoms with E-state index in [4.69, 9.17) is 6.42 Å². The molecule has 0 radical (unpaired) electrons. The molecule has 0 aromatic heterocycles. The summed E-state index contributed by atoms with van der Waals surface area (Å²) < 4.78 is 0. The summed E-state index contributed by atoms with van der Waals surface area (Å²) in [4.78, 5) is 2.54. The van der Waals surface area contributed by atoms with Crippen LogP contribution in [0.4, 0.5) is 0 Å². The molecule has 0 amide bonds. The molecule has 2 rings (SSSR count). The summed E-state index contributed by atoms with van der Waals surface area (Å²) in [6.45, 7) is 4.56. The van der Waals surface area contributed by atoms with E-state index in [0.717, 1.165) is 25.9 Å². The first kappa shape index (κ1) is 14.1. The van der Waals surface area contributed by atoms with Crippen molar-refractivity contribution in [3.63, 3.8) is 0 Å². The highest BCUT2D eigenvalue weighted by Crippen LogP contribution is 2.13. The van der Waals surface area contributed by atoms with Gasteiger partial charge < -0.3 is 5.32 Å². The van der Waals surface area contributed by atoms with Gasteiger partial charge in [-0.15, -0.1) is 12.3 Å². The summed E-state index contributed by atoms with van der Waals surface area (Å²) in [6, 6.07) is 11.4. The number of hydrogen-bond acceptors (Lipinski definition) is 2. The zero-order valence-electron chi connectivity index (χ0n) is 11.6. The van der Waals surface area contributed by atoms with Gasteiger partial charge in [0.2, 0.25) is 0 Å². The van der Waals surface area contributed by atoms with Crippen LogP contribution in [-0.4, -0.2) is 30.6 Å². The minimum atomic E-state index is 0.662. The molecule has 1 aliphatic rings. The molecule has 0 saturated carbocycles. The molecule has 1 aromatic rings. The Morgan fingerprint density at radius 2 is 2.11 bits per heavy atom. The van der Waals surface area contributed by atoms with E-state index in [-0.39, 0.29) is 0 Å². The van der Waals surface area contributed by atoms with Crippen molar-refractivity contribution in [3.05, 3.63) is 35.9 Å². The number of terminal acetylenes is 1. The van der Waals surface area contributed by atoms with Crippen molar-refractivity contribution in [3.8, 4) is 12.3 Å². The highest BCUT2D eigenvalue weighted by molar-refractivity contribution is 5.14. The Kier molecular flexibility index (Phi) is 5.94. The van der Waals surface area contributed by atoms with Crippen LogP contribution in [0, 0.1) is 12.3 Å². The van der Waals surface area contributed by atoms with Crippen LogP contribution in [0.15, 0.2) is 30.3 Å². The van der Waals surface area contributed by atoms with Crippen LogP contribution in [0.5, 0.6) is 0 Å². The molecule has 1 atom stereocenters. The number of nitrogens with zero attached hydrogens (tertiary/aromatic N) is 1. The molecule has 2 heteroatoms. The molecular weight excluding hydrogens is 232 g/mol. The number of benzene rings is 1. The van der Waals surface area contributed by atoms with Gasteiger partial charge in [0.25, 0.3) is 0 Å². The Balaban J connectivity index is 1.62. The number of hydrogen-bond donors (Lipinski definition) is 1. The number of likely N-dealkylation sites (tertiary alicyclic amines) is 1. The number of rotatable bonds is 7. The first-order valence-corrected chi connectivity index (χ1v) is 7.31. The fourth-order valence-electron chi connectivity index (χ4n) is 2.64. The van der Waals surface area contributed by atoms with Gasteiger partial charge in [-0.05, 0) is 31.4 Å². The predicted octanol–water partition coefficient (Wildman–Crippen LogP) is 2.65. The second kappa shape index (κ2) is 7.99. The predicted molar refractivity (Wildman–Crippen MR) is 80.8 cm³/mol. The van der Waals surface area contributed by atoms with Crippen molar-refractivity contribution in [1.82, 2.24) is 10.2 Å². The Morgan fingerprint density at radius 1 is 1.26 bits per heavy atom. The van der Waals surface area contributed by atoms with Crippen LogP contribution in [0.3, 0.4) is 0 Å². The highest BCUT2D eigenvalue weighted by Gasteiger charge is 2.21. The monoisotopic (exact) mass is 256 g/mol. The third kappa shape index (κ3) is 5.06. The molecule has 1 aliphatic heterocycles. The van der Waals surface area contributed by atoms with Gasteiger partial charge in [-0.1, -0.05) is 30.3 Å². The maximum absolute atomic E-state index is 5.25. The Labute approximate surface area is 117 Å². The van der Waals surface area contributed by atoms with Crippen molar-refractivity contribution in [1.29, 1.82) is 0 Å². The van der Waals surface area contributed by atoms with E-state index < -0.39 is 0 Å². The lowest BCUT2D eigenvalue weighted by Crippen LogP contribution is -2.33. The van der Waals surface area contributed by atoms with E-state index in [1.165, 1.54) is 31.5 Å². The molecule has 0 spiro atoms. The normalized spacial score (nSPS) is 19.4. The van der Waals surface area contributed by atoms with Gasteiger partial charge in [-0.2, -0.15) is 0 Å². The highest BCUT2D eigenvalue weighted by atomic mass is 15.2. The topological polar surface area (TPSA) is 15.3 Å². The average Bonchev–Trinajstić information content (AvgIpc) is 2.87. The zero-order valence-corrected chi connectivity index (χ0v) is 11.6. The van der Waals surface area contributed by atoms with Gasteiger partial charge in [0, 0.05) is 32.1 Å². The average molecular weight is 256 g/mol. The minimum absolute atomic E-state index is 0.662. The van der Waals surface area contributed by atoms with Crippen molar-refractivity contribution in [2.24, 2.45) is 0 Å². The van der Waals surface area contributed by atoms with Crippen molar-refractivity contribution >= 4 is 0 Å².